The van der Waals surface area contributed by atoms with Gasteiger partial charge in [0.25, 0.3) is 0 Å². The number of carbonyl (C=O) groups excluding carboxylic acids is 1. The Morgan fingerprint density at radius 3 is 2.82 bits per heavy atom. The Labute approximate surface area is 103 Å². The molecule has 0 aromatic carbocycles. The van der Waals surface area contributed by atoms with Crippen LogP contribution in [0.5, 0.6) is 0 Å². The minimum absolute atomic E-state index is 0.00215. The highest BCUT2D eigenvalue weighted by Crippen LogP contribution is 2.45. The van der Waals surface area contributed by atoms with Gasteiger partial charge in [0.15, 0.2) is 0 Å². The third kappa shape index (κ3) is 2.99. The van der Waals surface area contributed by atoms with E-state index in [0.29, 0.717) is 6.04 Å². The third-order valence-electron chi connectivity index (χ3n) is 4.32. The molecule has 17 heavy (non-hydrogen) atoms. The van der Waals surface area contributed by atoms with Gasteiger partial charge in [0, 0.05) is 12.6 Å². The Kier molecular flexibility index (Phi) is 4.05. The number of aliphatic hydroxyl groups excluding tert-OH is 1. The van der Waals surface area contributed by atoms with Crippen molar-refractivity contribution in [3.05, 3.63) is 0 Å². The van der Waals surface area contributed by atoms with Crippen molar-refractivity contribution in [3.63, 3.8) is 0 Å². The standard InChI is InChI=1S/C13H24N2O2/c1-15-9-3-2-4-11(15)5-8-14-12(17)13(10-16)6-7-13/h11,16H,2-10H2,1H3,(H,14,17). The summed E-state index contributed by atoms with van der Waals surface area (Å²) in [6.45, 7) is 1.93. The maximum atomic E-state index is 11.8. The van der Waals surface area contributed by atoms with Gasteiger partial charge < -0.3 is 15.3 Å². The molecule has 0 bridgehead atoms. The van der Waals surface area contributed by atoms with E-state index in [9.17, 15) is 4.79 Å². The second kappa shape index (κ2) is 5.36. The summed E-state index contributed by atoms with van der Waals surface area (Å²) >= 11 is 0. The molecule has 0 aromatic heterocycles. The summed E-state index contributed by atoms with van der Waals surface area (Å²) in [5, 5.41) is 12.1. The van der Waals surface area contributed by atoms with Crippen LogP contribution in [0.15, 0.2) is 0 Å². The second-order valence-corrected chi connectivity index (χ2v) is 5.61. The van der Waals surface area contributed by atoms with Gasteiger partial charge in [0.05, 0.1) is 12.0 Å². The largest absolute Gasteiger partial charge is 0.395 e. The Morgan fingerprint density at radius 1 is 1.47 bits per heavy atom. The molecule has 1 amide bonds. The lowest BCUT2D eigenvalue weighted by molar-refractivity contribution is -0.127. The van der Waals surface area contributed by atoms with E-state index in [4.69, 9.17) is 5.11 Å². The van der Waals surface area contributed by atoms with Crippen LogP contribution in [0.3, 0.4) is 0 Å². The van der Waals surface area contributed by atoms with Crippen molar-refractivity contribution in [2.24, 2.45) is 5.41 Å². The number of likely N-dealkylation sites (tertiary alicyclic amines) is 1. The molecule has 1 saturated heterocycles. The van der Waals surface area contributed by atoms with Gasteiger partial charge in [0.2, 0.25) is 5.91 Å². The van der Waals surface area contributed by atoms with Crippen LogP contribution < -0.4 is 5.32 Å². The van der Waals surface area contributed by atoms with Crippen LogP contribution in [-0.4, -0.2) is 48.7 Å². The summed E-state index contributed by atoms with van der Waals surface area (Å²) in [5.74, 6) is 0.0541. The molecule has 2 aliphatic rings. The van der Waals surface area contributed by atoms with E-state index in [0.717, 1.165) is 25.8 Å². The van der Waals surface area contributed by atoms with E-state index < -0.39 is 5.41 Å². The van der Waals surface area contributed by atoms with E-state index in [2.05, 4.69) is 17.3 Å². The molecule has 2 fully saturated rings. The number of nitrogens with one attached hydrogen (secondary N) is 1. The Hall–Kier alpha value is -0.610. The van der Waals surface area contributed by atoms with Gasteiger partial charge in [0.1, 0.15) is 0 Å². The van der Waals surface area contributed by atoms with Crippen LogP contribution in [0.1, 0.15) is 38.5 Å². The summed E-state index contributed by atoms with van der Waals surface area (Å²) in [6, 6.07) is 0.619. The monoisotopic (exact) mass is 240 g/mol. The van der Waals surface area contributed by atoms with Crippen molar-refractivity contribution < 1.29 is 9.90 Å². The number of amides is 1. The lowest BCUT2D eigenvalue weighted by atomic mass is 10.00. The molecule has 1 atom stereocenters. The maximum absolute atomic E-state index is 11.8. The average Bonchev–Trinajstić information content (AvgIpc) is 3.12. The Balaban J connectivity index is 1.67. The number of aliphatic hydroxyl groups is 1. The highest BCUT2D eigenvalue weighted by molar-refractivity contribution is 5.85. The molecule has 98 valence electrons. The molecule has 1 saturated carbocycles. The van der Waals surface area contributed by atoms with E-state index >= 15 is 0 Å². The quantitative estimate of drug-likeness (QED) is 0.745. The fourth-order valence-corrected chi connectivity index (χ4v) is 2.66. The normalized spacial score (nSPS) is 27.8. The third-order valence-corrected chi connectivity index (χ3v) is 4.32. The molecule has 1 aliphatic heterocycles. The van der Waals surface area contributed by atoms with Crippen LogP contribution in [0.25, 0.3) is 0 Å². The van der Waals surface area contributed by atoms with Crippen molar-refractivity contribution in [3.8, 4) is 0 Å². The molecule has 1 aliphatic carbocycles. The van der Waals surface area contributed by atoms with E-state index in [1.807, 2.05) is 0 Å². The molecule has 0 spiro atoms. The average molecular weight is 240 g/mol. The van der Waals surface area contributed by atoms with E-state index in [1.54, 1.807) is 0 Å². The number of hydrogen-bond donors (Lipinski definition) is 2. The van der Waals surface area contributed by atoms with Crippen molar-refractivity contribution in [1.29, 1.82) is 0 Å². The first-order chi connectivity index (χ1) is 8.18. The SMILES string of the molecule is CN1CCCCC1CCNC(=O)C1(CO)CC1. The molecule has 1 unspecified atom stereocenters. The van der Waals surface area contributed by atoms with Crippen LogP contribution in [0, 0.1) is 5.41 Å². The van der Waals surface area contributed by atoms with Crippen molar-refractivity contribution in [2.45, 2.75) is 44.6 Å². The zero-order chi connectivity index (χ0) is 12.3. The highest BCUT2D eigenvalue weighted by Gasteiger charge is 2.49. The summed E-state index contributed by atoms with van der Waals surface area (Å²) in [7, 11) is 2.17. The van der Waals surface area contributed by atoms with Gasteiger partial charge in [-0.1, -0.05) is 6.42 Å². The molecule has 0 radical (unpaired) electrons. The first kappa shape index (κ1) is 12.8. The van der Waals surface area contributed by atoms with Crippen LogP contribution in [-0.2, 0) is 4.79 Å². The van der Waals surface area contributed by atoms with Crippen LogP contribution >= 0.6 is 0 Å². The molecule has 2 rings (SSSR count). The van der Waals surface area contributed by atoms with Crippen molar-refractivity contribution >= 4 is 5.91 Å². The van der Waals surface area contributed by atoms with Gasteiger partial charge in [-0.25, -0.2) is 0 Å². The summed E-state index contributed by atoms with van der Waals surface area (Å²) in [6.07, 6.45) is 6.58. The van der Waals surface area contributed by atoms with Gasteiger partial charge in [-0.2, -0.15) is 0 Å². The Bertz CT molecular complexity index is 277. The van der Waals surface area contributed by atoms with Gasteiger partial charge in [-0.3, -0.25) is 4.79 Å². The highest BCUT2D eigenvalue weighted by atomic mass is 16.3. The topological polar surface area (TPSA) is 52.6 Å². The van der Waals surface area contributed by atoms with Gasteiger partial charge >= 0.3 is 0 Å². The number of piperidine rings is 1. The fourth-order valence-electron chi connectivity index (χ4n) is 2.66. The fraction of sp³-hybridized carbons (Fsp3) is 0.923. The second-order valence-electron chi connectivity index (χ2n) is 5.61. The first-order valence-electron chi connectivity index (χ1n) is 6.77. The first-order valence-corrected chi connectivity index (χ1v) is 6.77. The molecule has 2 N–H and O–H groups in total. The Morgan fingerprint density at radius 2 is 2.24 bits per heavy atom. The molecule has 4 nitrogen and oxygen atoms in total. The summed E-state index contributed by atoms with van der Waals surface area (Å²) < 4.78 is 0. The molecular formula is C13H24N2O2. The van der Waals surface area contributed by atoms with E-state index in [-0.39, 0.29) is 12.5 Å². The number of nitrogens with zero attached hydrogens (tertiary/aromatic N) is 1. The summed E-state index contributed by atoms with van der Waals surface area (Å²) in [5.41, 5.74) is -0.418. The van der Waals surface area contributed by atoms with Gasteiger partial charge in [-0.05, 0) is 45.7 Å². The van der Waals surface area contributed by atoms with E-state index in [1.165, 1.54) is 25.8 Å². The number of hydrogen-bond acceptors (Lipinski definition) is 3. The van der Waals surface area contributed by atoms with Gasteiger partial charge in [-0.15, -0.1) is 0 Å². The zero-order valence-corrected chi connectivity index (χ0v) is 10.7. The molecule has 1 heterocycles. The van der Waals surface area contributed by atoms with Crippen molar-refractivity contribution in [1.82, 2.24) is 10.2 Å². The lowest BCUT2D eigenvalue weighted by Gasteiger charge is -2.32. The predicted molar refractivity (Wildman–Crippen MR) is 66.6 cm³/mol. The number of carbonyl (C=O) groups is 1. The lowest BCUT2D eigenvalue weighted by Crippen LogP contribution is -2.40. The minimum atomic E-state index is -0.418. The molecule has 4 heteroatoms. The predicted octanol–water partition coefficient (Wildman–Crippen LogP) is 0.749. The summed E-state index contributed by atoms with van der Waals surface area (Å²) in [4.78, 5) is 14.2. The minimum Gasteiger partial charge on any atom is -0.395 e. The zero-order valence-electron chi connectivity index (χ0n) is 10.7. The maximum Gasteiger partial charge on any atom is 0.228 e. The van der Waals surface area contributed by atoms with Crippen LogP contribution in [0.2, 0.25) is 0 Å². The number of rotatable bonds is 5. The molecule has 0 aromatic rings. The van der Waals surface area contributed by atoms with Crippen molar-refractivity contribution in [2.75, 3.05) is 26.7 Å². The molecular weight excluding hydrogens is 216 g/mol. The van der Waals surface area contributed by atoms with Crippen LogP contribution in [0.4, 0.5) is 0 Å². The smallest absolute Gasteiger partial charge is 0.228 e.